The minimum absolute atomic E-state index is 0.0405. The van der Waals surface area contributed by atoms with Crippen molar-refractivity contribution < 1.29 is 14.0 Å². The number of rotatable bonds is 3. The minimum Gasteiger partial charge on any atom is -0.351 e. The van der Waals surface area contributed by atoms with Crippen LogP contribution in [-0.2, 0) is 0 Å². The Balaban J connectivity index is 1.46. The van der Waals surface area contributed by atoms with Gasteiger partial charge in [-0.1, -0.05) is 0 Å². The molecule has 0 unspecified atom stereocenters. The van der Waals surface area contributed by atoms with Gasteiger partial charge in [0.15, 0.2) is 0 Å². The third-order valence-electron chi connectivity index (χ3n) is 5.87. The lowest BCUT2D eigenvalue weighted by Gasteiger charge is -2.57. The number of aromatic nitrogens is 1. The van der Waals surface area contributed by atoms with E-state index in [-0.39, 0.29) is 22.6 Å². The number of piperidine rings is 1. The van der Waals surface area contributed by atoms with E-state index in [1.165, 1.54) is 12.1 Å². The van der Waals surface area contributed by atoms with Gasteiger partial charge < -0.3 is 9.80 Å². The third-order valence-corrected chi connectivity index (χ3v) is 5.87. The van der Waals surface area contributed by atoms with E-state index < -0.39 is 5.82 Å². The molecule has 4 rings (SSSR count). The van der Waals surface area contributed by atoms with Crippen LogP contribution in [0.1, 0.15) is 45.5 Å². The molecule has 2 saturated heterocycles. The van der Waals surface area contributed by atoms with Crippen molar-refractivity contribution in [3.63, 3.8) is 0 Å². The lowest BCUT2D eigenvalue weighted by Crippen LogP contribution is -2.65. The maximum atomic E-state index is 14.1. The van der Waals surface area contributed by atoms with E-state index in [1.54, 1.807) is 17.2 Å². The van der Waals surface area contributed by atoms with E-state index in [2.05, 4.69) is 16.0 Å². The summed E-state index contributed by atoms with van der Waals surface area (Å²) < 4.78 is 14.1. The summed E-state index contributed by atoms with van der Waals surface area (Å²) in [6, 6.07) is 9.52. The molecule has 1 aromatic heterocycles. The Morgan fingerprint density at radius 2 is 1.93 bits per heavy atom. The maximum Gasteiger partial charge on any atom is 0.256 e. The van der Waals surface area contributed by atoms with E-state index in [4.69, 9.17) is 5.26 Å². The van der Waals surface area contributed by atoms with Crippen LogP contribution >= 0.6 is 0 Å². The summed E-state index contributed by atoms with van der Waals surface area (Å²) in [5.74, 6) is -0.142. The summed E-state index contributed by atoms with van der Waals surface area (Å²) >= 11 is 0. The van der Waals surface area contributed by atoms with E-state index in [0.717, 1.165) is 37.7 Å². The van der Waals surface area contributed by atoms with E-state index >= 15 is 0 Å². The number of likely N-dealkylation sites (tertiary alicyclic amines) is 1. The first-order valence-corrected chi connectivity index (χ1v) is 9.24. The summed E-state index contributed by atoms with van der Waals surface area (Å²) in [6.45, 7) is 1.94. The number of benzene rings is 1. The Morgan fingerprint density at radius 3 is 2.50 bits per heavy atom. The van der Waals surface area contributed by atoms with Crippen molar-refractivity contribution in [1.29, 1.82) is 5.26 Å². The van der Waals surface area contributed by atoms with Gasteiger partial charge >= 0.3 is 0 Å². The summed E-state index contributed by atoms with van der Waals surface area (Å²) in [5.41, 5.74) is 0.717. The Morgan fingerprint density at radius 1 is 1.18 bits per heavy atom. The fourth-order valence-corrected chi connectivity index (χ4v) is 4.11. The number of amides is 1. The van der Waals surface area contributed by atoms with Crippen LogP contribution < -0.4 is 4.90 Å². The van der Waals surface area contributed by atoms with Crippen LogP contribution in [-0.4, -0.2) is 47.3 Å². The normalized spacial score (nSPS) is 17.7. The second-order valence-corrected chi connectivity index (χ2v) is 7.29. The third kappa shape index (κ3) is 3.01. The van der Waals surface area contributed by atoms with Crippen LogP contribution in [0.5, 0.6) is 0 Å². The molecule has 2 aromatic rings. The molecule has 0 N–H and O–H groups in total. The van der Waals surface area contributed by atoms with Crippen molar-refractivity contribution in [2.45, 2.75) is 24.8 Å². The minimum atomic E-state index is -0.608. The Hall–Kier alpha value is -3.27. The van der Waals surface area contributed by atoms with Gasteiger partial charge in [-0.2, -0.15) is 5.26 Å². The van der Waals surface area contributed by atoms with E-state index in [0.29, 0.717) is 24.9 Å². The molecule has 1 spiro atoms. The number of nitriles is 1. The fourth-order valence-electron chi connectivity index (χ4n) is 4.11. The molecule has 0 saturated carbocycles. The van der Waals surface area contributed by atoms with Crippen molar-refractivity contribution >= 4 is 18.0 Å². The van der Waals surface area contributed by atoms with Gasteiger partial charge in [0.25, 0.3) is 5.91 Å². The standard InChI is InChI=1S/C21H19FN4O2/c22-18-3-1-15(14-27)11-17(18)20(28)25-8-5-21(6-9-25)7-10-26(21)19-4-2-16(12-23)13-24-19/h1-4,11,13-14H,5-10H2. The first-order valence-electron chi connectivity index (χ1n) is 9.24. The highest BCUT2D eigenvalue weighted by molar-refractivity contribution is 5.96. The first kappa shape index (κ1) is 18.1. The predicted octanol–water partition coefficient (Wildman–Crippen LogP) is 2.79. The number of carbonyl (C=O) groups is 2. The first-order chi connectivity index (χ1) is 13.6. The van der Waals surface area contributed by atoms with Gasteiger partial charge in [-0.25, -0.2) is 9.37 Å². The molecule has 6 nitrogen and oxygen atoms in total. The van der Waals surface area contributed by atoms with Crippen molar-refractivity contribution in [2.75, 3.05) is 24.5 Å². The zero-order valence-corrected chi connectivity index (χ0v) is 15.3. The number of aldehydes is 1. The molecule has 3 heterocycles. The molecule has 0 atom stereocenters. The Labute approximate surface area is 162 Å². The lowest BCUT2D eigenvalue weighted by atomic mass is 9.76. The molecule has 2 aliphatic heterocycles. The molecular formula is C21H19FN4O2. The summed E-state index contributed by atoms with van der Waals surface area (Å²) in [6.07, 6.45) is 4.75. The van der Waals surface area contributed by atoms with Crippen LogP contribution in [0.2, 0.25) is 0 Å². The molecule has 142 valence electrons. The quantitative estimate of drug-likeness (QED) is 0.768. The van der Waals surface area contributed by atoms with Gasteiger partial charge in [-0.15, -0.1) is 0 Å². The molecule has 28 heavy (non-hydrogen) atoms. The highest BCUT2D eigenvalue weighted by atomic mass is 19.1. The smallest absolute Gasteiger partial charge is 0.256 e. The van der Waals surface area contributed by atoms with Crippen molar-refractivity contribution in [3.05, 3.63) is 59.0 Å². The Kier molecular flexibility index (Phi) is 4.55. The highest BCUT2D eigenvalue weighted by Gasteiger charge is 2.47. The van der Waals surface area contributed by atoms with Crippen LogP contribution in [0, 0.1) is 17.1 Å². The van der Waals surface area contributed by atoms with E-state index in [1.807, 2.05) is 6.07 Å². The number of hydrogen-bond donors (Lipinski definition) is 0. The molecule has 1 aromatic carbocycles. The van der Waals surface area contributed by atoms with Gasteiger partial charge in [-0.05, 0) is 49.6 Å². The van der Waals surface area contributed by atoms with E-state index in [9.17, 15) is 14.0 Å². The number of nitrogens with zero attached hydrogens (tertiary/aromatic N) is 4. The predicted molar refractivity (Wildman–Crippen MR) is 101 cm³/mol. The summed E-state index contributed by atoms with van der Waals surface area (Å²) in [5, 5.41) is 8.92. The molecule has 0 bridgehead atoms. The summed E-state index contributed by atoms with van der Waals surface area (Å²) in [4.78, 5) is 32.0. The van der Waals surface area contributed by atoms with Gasteiger partial charge in [0.2, 0.25) is 0 Å². The topological polar surface area (TPSA) is 77.3 Å². The number of hydrogen-bond acceptors (Lipinski definition) is 5. The van der Waals surface area contributed by atoms with Crippen LogP contribution in [0.25, 0.3) is 0 Å². The van der Waals surface area contributed by atoms with Crippen molar-refractivity contribution in [3.8, 4) is 6.07 Å². The zero-order chi connectivity index (χ0) is 19.7. The van der Waals surface area contributed by atoms with Crippen molar-refractivity contribution in [2.24, 2.45) is 0 Å². The zero-order valence-electron chi connectivity index (χ0n) is 15.3. The second kappa shape index (κ2) is 7.04. The largest absolute Gasteiger partial charge is 0.351 e. The van der Waals surface area contributed by atoms with Gasteiger partial charge in [0.05, 0.1) is 11.1 Å². The molecule has 7 heteroatoms. The fraction of sp³-hybridized carbons (Fsp3) is 0.333. The number of halogens is 1. The maximum absolute atomic E-state index is 14.1. The van der Waals surface area contributed by atoms with Crippen LogP contribution in [0.3, 0.4) is 0 Å². The molecular weight excluding hydrogens is 359 g/mol. The molecule has 1 amide bonds. The summed E-state index contributed by atoms with van der Waals surface area (Å²) in [7, 11) is 0. The average Bonchev–Trinajstić information content (AvgIpc) is 2.73. The number of carbonyl (C=O) groups excluding carboxylic acids is 2. The van der Waals surface area contributed by atoms with Crippen LogP contribution in [0.4, 0.5) is 10.2 Å². The van der Waals surface area contributed by atoms with Crippen LogP contribution in [0.15, 0.2) is 36.5 Å². The highest BCUT2D eigenvalue weighted by Crippen LogP contribution is 2.42. The van der Waals surface area contributed by atoms with Gasteiger partial charge in [0, 0.05) is 36.9 Å². The van der Waals surface area contributed by atoms with Gasteiger partial charge in [0.1, 0.15) is 24.0 Å². The average molecular weight is 378 g/mol. The van der Waals surface area contributed by atoms with Gasteiger partial charge in [-0.3, -0.25) is 9.59 Å². The lowest BCUT2D eigenvalue weighted by molar-refractivity contribution is 0.0608. The monoisotopic (exact) mass is 378 g/mol. The second-order valence-electron chi connectivity index (χ2n) is 7.29. The SMILES string of the molecule is N#Cc1ccc(N2CCC23CCN(C(=O)c2cc(C=O)ccc2F)CC3)nc1. The molecule has 2 aliphatic rings. The number of anilines is 1. The molecule has 0 radical (unpaired) electrons. The Bertz CT molecular complexity index is 959. The molecule has 2 fully saturated rings. The van der Waals surface area contributed by atoms with Crippen molar-refractivity contribution in [1.82, 2.24) is 9.88 Å². The number of pyridine rings is 1. The molecule has 0 aliphatic carbocycles.